The highest BCUT2D eigenvalue weighted by Crippen LogP contribution is 2.33. The van der Waals surface area contributed by atoms with Crippen molar-refractivity contribution in [3.63, 3.8) is 0 Å². The lowest BCUT2D eigenvalue weighted by atomic mass is 9.91. The van der Waals surface area contributed by atoms with E-state index in [-0.39, 0.29) is 24.1 Å². The Bertz CT molecular complexity index is 1600. The lowest BCUT2D eigenvalue weighted by Gasteiger charge is -2.23. The second-order valence-electron chi connectivity index (χ2n) is 13.0. The van der Waals surface area contributed by atoms with Crippen molar-refractivity contribution < 1.29 is 19.4 Å². The highest BCUT2D eigenvalue weighted by Gasteiger charge is 2.24. The minimum Gasteiger partial charge on any atom is -0.389 e. The molecule has 1 aliphatic rings. The van der Waals surface area contributed by atoms with Gasteiger partial charge in [0.2, 0.25) is 11.9 Å². The Morgan fingerprint density at radius 1 is 1.14 bits per heavy atom. The molecule has 12 heteroatoms. The van der Waals surface area contributed by atoms with Crippen molar-refractivity contribution in [2.45, 2.75) is 78.7 Å². The van der Waals surface area contributed by atoms with Crippen LogP contribution in [0.4, 0.5) is 21.4 Å². The van der Waals surface area contributed by atoms with Crippen LogP contribution in [0.2, 0.25) is 0 Å². The molecule has 5 rings (SSSR count). The summed E-state index contributed by atoms with van der Waals surface area (Å²) in [5.74, 6) is 0.298. The van der Waals surface area contributed by atoms with Crippen molar-refractivity contribution in [2.75, 3.05) is 29.2 Å². The lowest BCUT2D eigenvalue weighted by Crippen LogP contribution is -2.29. The molecule has 230 valence electrons. The van der Waals surface area contributed by atoms with Gasteiger partial charge in [0.25, 0.3) is 0 Å². The van der Waals surface area contributed by atoms with E-state index in [0.29, 0.717) is 28.6 Å². The molecule has 1 aromatic carbocycles. The topological polar surface area (TPSA) is 127 Å². The third-order valence-corrected chi connectivity index (χ3v) is 8.17. The van der Waals surface area contributed by atoms with Crippen molar-refractivity contribution in [1.29, 1.82) is 0 Å². The molecule has 11 nitrogen and oxygen atoms in total. The Kier molecular flexibility index (Phi) is 8.64. The summed E-state index contributed by atoms with van der Waals surface area (Å²) in [7, 11) is 1.75. The van der Waals surface area contributed by atoms with Crippen LogP contribution in [0, 0.1) is 5.41 Å². The molecule has 4 aromatic rings. The number of rotatable bonds is 8. The van der Waals surface area contributed by atoms with Crippen molar-refractivity contribution >= 4 is 50.9 Å². The maximum Gasteiger partial charge on any atom is 0.326 e. The number of nitrogens with zero attached hydrogens (tertiary/aromatic N) is 5. The summed E-state index contributed by atoms with van der Waals surface area (Å²) < 4.78 is 9.47. The van der Waals surface area contributed by atoms with E-state index in [1.165, 1.54) is 11.3 Å². The molecule has 43 heavy (non-hydrogen) atoms. The second-order valence-corrected chi connectivity index (χ2v) is 14.1. The molecular weight excluding hydrogens is 566 g/mol. The van der Waals surface area contributed by atoms with E-state index in [9.17, 15) is 14.7 Å². The van der Waals surface area contributed by atoms with Crippen LogP contribution in [-0.4, -0.2) is 55.6 Å². The summed E-state index contributed by atoms with van der Waals surface area (Å²) in [6.45, 7) is 10.4. The quantitative estimate of drug-likeness (QED) is 0.211. The van der Waals surface area contributed by atoms with Gasteiger partial charge in [-0.05, 0) is 68.9 Å². The zero-order valence-corrected chi connectivity index (χ0v) is 26.5. The number of urea groups is 1. The largest absolute Gasteiger partial charge is 0.389 e. The fraction of sp³-hybridized carbons (Fsp3) is 0.484. The van der Waals surface area contributed by atoms with Crippen molar-refractivity contribution in [1.82, 2.24) is 19.3 Å². The van der Waals surface area contributed by atoms with Crippen molar-refractivity contribution in [2.24, 2.45) is 5.41 Å². The number of hydrogen-bond acceptors (Lipinski definition) is 7. The van der Waals surface area contributed by atoms with E-state index in [2.05, 4.69) is 20.7 Å². The van der Waals surface area contributed by atoms with Crippen molar-refractivity contribution in [3.05, 3.63) is 42.7 Å². The van der Waals surface area contributed by atoms with E-state index in [1.54, 1.807) is 30.4 Å². The maximum absolute atomic E-state index is 13.1. The fourth-order valence-electron chi connectivity index (χ4n) is 5.05. The van der Waals surface area contributed by atoms with Crippen LogP contribution in [0.15, 0.2) is 42.7 Å². The van der Waals surface area contributed by atoms with Crippen LogP contribution < -0.4 is 15.5 Å². The Balaban J connectivity index is 1.32. The normalized spacial score (nSPS) is 15.9. The Hall–Kier alpha value is -3.74. The Morgan fingerprint density at radius 3 is 2.63 bits per heavy atom. The zero-order valence-electron chi connectivity index (χ0n) is 25.7. The molecule has 3 amide bonds. The monoisotopic (exact) mass is 607 g/mol. The van der Waals surface area contributed by atoms with Crippen LogP contribution in [0.5, 0.6) is 0 Å². The molecule has 4 heterocycles. The first-order valence-corrected chi connectivity index (χ1v) is 15.4. The number of nitrogens with one attached hydrogen (secondary N) is 2. The fourth-order valence-corrected chi connectivity index (χ4v) is 5.92. The number of aromatic nitrogens is 4. The summed E-state index contributed by atoms with van der Waals surface area (Å²) >= 11 is 1.44. The Labute approximate surface area is 255 Å². The predicted molar refractivity (Wildman–Crippen MR) is 171 cm³/mol. The number of carbonyl (C=O) groups is 2. The highest BCUT2D eigenvalue weighted by molar-refractivity contribution is 7.19. The van der Waals surface area contributed by atoms with Gasteiger partial charge in [0.1, 0.15) is 6.23 Å². The smallest absolute Gasteiger partial charge is 0.326 e. The van der Waals surface area contributed by atoms with E-state index in [1.807, 2.05) is 68.2 Å². The predicted octanol–water partition coefficient (Wildman–Crippen LogP) is 6.47. The van der Waals surface area contributed by atoms with Gasteiger partial charge < -0.3 is 19.3 Å². The number of imidazole rings is 1. The molecule has 1 unspecified atom stereocenters. The van der Waals surface area contributed by atoms with Gasteiger partial charge >= 0.3 is 6.03 Å². The molecule has 1 atom stereocenters. The molecule has 1 saturated heterocycles. The van der Waals surface area contributed by atoms with Gasteiger partial charge in [0.15, 0.2) is 0 Å². The molecule has 0 saturated carbocycles. The molecule has 0 aliphatic carbocycles. The van der Waals surface area contributed by atoms with Crippen LogP contribution in [0.3, 0.4) is 0 Å². The molecule has 3 N–H and O–H groups in total. The summed E-state index contributed by atoms with van der Waals surface area (Å²) in [4.78, 5) is 33.2. The molecule has 0 spiro atoms. The first-order valence-electron chi connectivity index (χ1n) is 14.6. The summed E-state index contributed by atoms with van der Waals surface area (Å²) in [5, 5.41) is 21.5. The molecule has 1 fully saturated rings. The lowest BCUT2D eigenvalue weighted by molar-refractivity contribution is -0.120. The third-order valence-electron chi connectivity index (χ3n) is 7.12. The average Bonchev–Trinajstić information content (AvgIpc) is 3.66. The number of fused-ring (bicyclic) bond motifs is 1. The van der Waals surface area contributed by atoms with Gasteiger partial charge in [-0.2, -0.15) is 5.10 Å². The number of amides is 3. The molecule has 0 bridgehead atoms. The average molecular weight is 608 g/mol. The summed E-state index contributed by atoms with van der Waals surface area (Å²) in [5.41, 5.74) is 1.80. The van der Waals surface area contributed by atoms with E-state index < -0.39 is 11.6 Å². The van der Waals surface area contributed by atoms with E-state index in [0.717, 1.165) is 41.8 Å². The first kappa shape index (κ1) is 30.7. The highest BCUT2D eigenvalue weighted by atomic mass is 32.1. The van der Waals surface area contributed by atoms with Crippen LogP contribution >= 0.6 is 11.3 Å². The molecular formula is C31H41N7O4S. The molecule has 1 aliphatic heterocycles. The number of ether oxygens (including phenoxy) is 1. The van der Waals surface area contributed by atoms with Gasteiger partial charge in [-0.15, -0.1) is 11.3 Å². The minimum atomic E-state index is -1.06. The van der Waals surface area contributed by atoms with Crippen LogP contribution in [0.1, 0.15) is 66.5 Å². The van der Waals surface area contributed by atoms with Gasteiger partial charge in [-0.1, -0.05) is 20.8 Å². The van der Waals surface area contributed by atoms with E-state index in [4.69, 9.17) is 4.74 Å². The second kappa shape index (κ2) is 12.1. The Morgan fingerprint density at radius 2 is 1.93 bits per heavy atom. The number of hydrogen-bond donors (Lipinski definition) is 3. The van der Waals surface area contributed by atoms with Crippen LogP contribution in [0.25, 0.3) is 21.5 Å². The number of carbonyl (C=O) groups excluding carboxylic acids is 2. The van der Waals surface area contributed by atoms with Gasteiger partial charge in [-0.3, -0.25) is 15.4 Å². The third kappa shape index (κ3) is 7.62. The number of benzene rings is 1. The zero-order chi connectivity index (χ0) is 30.9. The summed E-state index contributed by atoms with van der Waals surface area (Å²) in [6.07, 6.45) is 7.32. The molecule has 3 aromatic heterocycles. The SMILES string of the molecule is CN(C(=O)CC(C)(C)C)c1ccc2c(c1)nc(NC(=O)Nc1ccc(-c3cnn(C4CCCCO4)c3)s1)n2CC(C)(C)O. The first-order chi connectivity index (χ1) is 20.3. The number of aliphatic hydroxyl groups is 1. The van der Waals surface area contributed by atoms with Crippen molar-refractivity contribution in [3.8, 4) is 10.4 Å². The van der Waals surface area contributed by atoms with E-state index >= 15 is 0 Å². The number of anilines is 3. The summed E-state index contributed by atoms with van der Waals surface area (Å²) in [6, 6.07) is 8.88. The molecule has 0 radical (unpaired) electrons. The van der Waals surface area contributed by atoms with Crippen LogP contribution in [-0.2, 0) is 16.1 Å². The minimum absolute atomic E-state index is 0.00508. The van der Waals surface area contributed by atoms with Gasteiger partial charge in [-0.25, -0.2) is 14.5 Å². The number of thiophene rings is 1. The maximum atomic E-state index is 13.1. The standard InChI is InChI=1S/C31H41N7O4S/c1-30(2,3)16-26(39)36(6)21-10-11-23-22(15-21)33-28(37(23)19-31(4,5)41)35-29(40)34-25-13-12-24(43-25)20-17-32-38(18-20)27-9-7-8-14-42-27/h10-13,15,17-18,27,41H,7-9,14,16,19H2,1-6H3,(H2,33,34,35,40). The van der Waals surface area contributed by atoms with Gasteiger partial charge in [0, 0.05) is 42.4 Å². The van der Waals surface area contributed by atoms with Gasteiger partial charge in [0.05, 0.1) is 34.4 Å².